The van der Waals surface area contributed by atoms with E-state index in [0.717, 1.165) is 5.56 Å². The van der Waals surface area contributed by atoms with E-state index in [0.29, 0.717) is 30.9 Å². The number of fused-ring (bicyclic) bond motifs is 1. The van der Waals surface area contributed by atoms with Gasteiger partial charge in [-0.2, -0.15) is 0 Å². The number of nitrogens with one attached hydrogen (secondary N) is 1. The second-order valence-electron chi connectivity index (χ2n) is 5.38. The fourth-order valence-electron chi connectivity index (χ4n) is 2.74. The molecular weight excluding hydrogens is 286 g/mol. The monoisotopic (exact) mass is 302 g/mol. The van der Waals surface area contributed by atoms with Crippen LogP contribution in [0.1, 0.15) is 18.4 Å². The molecule has 1 aromatic carbocycles. The largest absolute Gasteiger partial charge is 0.550 e. The first-order valence-electron chi connectivity index (χ1n) is 7.17. The molecule has 0 saturated heterocycles. The van der Waals surface area contributed by atoms with E-state index in [1.807, 2.05) is 12.1 Å². The zero-order chi connectivity index (χ0) is 15.5. The number of hydrogen-bond donors (Lipinski definition) is 1. The summed E-state index contributed by atoms with van der Waals surface area (Å²) in [5.74, 6) is -1.45. The lowest BCUT2D eigenvalue weighted by atomic mass is 9.82. The Balaban J connectivity index is 1.62. The Morgan fingerprint density at radius 1 is 1.14 bits per heavy atom. The highest BCUT2D eigenvalue weighted by molar-refractivity contribution is 5.84. The van der Waals surface area contributed by atoms with Crippen molar-refractivity contribution in [1.82, 2.24) is 5.32 Å². The third kappa shape index (κ3) is 2.90. The SMILES string of the molecule is O=C([O-])[C@H]1CC=CC[C@H]1C(=O)NCc1ccc2c(c1)OCO2. The first-order chi connectivity index (χ1) is 10.6. The number of carbonyl (C=O) groups is 2. The molecule has 3 rings (SSSR count). The molecule has 116 valence electrons. The molecule has 1 aliphatic carbocycles. The van der Waals surface area contributed by atoms with Crippen molar-refractivity contribution >= 4 is 11.9 Å². The molecule has 0 aromatic heterocycles. The van der Waals surface area contributed by atoms with Crippen LogP contribution in [-0.2, 0) is 16.1 Å². The number of carboxylic acids is 1. The van der Waals surface area contributed by atoms with Gasteiger partial charge in [0.2, 0.25) is 12.7 Å². The lowest BCUT2D eigenvalue weighted by molar-refractivity contribution is -0.313. The average Bonchev–Trinajstić information content (AvgIpc) is 3.00. The number of amides is 1. The molecular formula is C16H16NO5-. The molecule has 1 heterocycles. The minimum absolute atomic E-state index is 0.201. The second kappa shape index (κ2) is 6.09. The van der Waals surface area contributed by atoms with E-state index in [9.17, 15) is 14.7 Å². The summed E-state index contributed by atoms with van der Waals surface area (Å²) in [6.45, 7) is 0.516. The van der Waals surface area contributed by atoms with Crippen molar-refractivity contribution in [3.05, 3.63) is 35.9 Å². The van der Waals surface area contributed by atoms with Crippen molar-refractivity contribution in [3.63, 3.8) is 0 Å². The average molecular weight is 302 g/mol. The molecule has 6 heteroatoms. The highest BCUT2D eigenvalue weighted by Crippen LogP contribution is 2.32. The van der Waals surface area contributed by atoms with Crippen LogP contribution in [0.3, 0.4) is 0 Å². The van der Waals surface area contributed by atoms with Crippen molar-refractivity contribution in [2.24, 2.45) is 11.8 Å². The molecule has 6 nitrogen and oxygen atoms in total. The van der Waals surface area contributed by atoms with Gasteiger partial charge in [0.1, 0.15) is 0 Å². The molecule has 0 fully saturated rings. The van der Waals surface area contributed by atoms with Gasteiger partial charge in [0, 0.05) is 24.3 Å². The van der Waals surface area contributed by atoms with Gasteiger partial charge in [-0.1, -0.05) is 18.2 Å². The summed E-state index contributed by atoms with van der Waals surface area (Å²) in [7, 11) is 0. The highest BCUT2D eigenvalue weighted by atomic mass is 16.7. The van der Waals surface area contributed by atoms with E-state index < -0.39 is 17.8 Å². The Morgan fingerprint density at radius 3 is 2.64 bits per heavy atom. The summed E-state index contributed by atoms with van der Waals surface area (Å²) < 4.78 is 10.5. The predicted molar refractivity (Wildman–Crippen MR) is 74.8 cm³/mol. The summed E-state index contributed by atoms with van der Waals surface area (Å²) in [5, 5.41) is 13.9. The summed E-state index contributed by atoms with van der Waals surface area (Å²) in [6.07, 6.45) is 4.38. The fraction of sp³-hybridized carbons (Fsp3) is 0.375. The first kappa shape index (κ1) is 14.4. The van der Waals surface area contributed by atoms with Gasteiger partial charge in [0.25, 0.3) is 0 Å². The van der Waals surface area contributed by atoms with E-state index >= 15 is 0 Å². The molecule has 22 heavy (non-hydrogen) atoms. The van der Waals surface area contributed by atoms with Gasteiger partial charge in [0.05, 0.1) is 0 Å². The van der Waals surface area contributed by atoms with Crippen LogP contribution in [-0.4, -0.2) is 18.7 Å². The van der Waals surface area contributed by atoms with Crippen LogP contribution in [0.2, 0.25) is 0 Å². The lowest BCUT2D eigenvalue weighted by Gasteiger charge is -2.28. The molecule has 0 bridgehead atoms. The minimum Gasteiger partial charge on any atom is -0.550 e. The van der Waals surface area contributed by atoms with Crippen LogP contribution in [0.4, 0.5) is 0 Å². The highest BCUT2D eigenvalue weighted by Gasteiger charge is 2.29. The topological polar surface area (TPSA) is 87.7 Å². The van der Waals surface area contributed by atoms with E-state index in [2.05, 4.69) is 5.32 Å². The maximum absolute atomic E-state index is 12.2. The number of carbonyl (C=O) groups excluding carboxylic acids is 2. The Hall–Kier alpha value is -2.50. The Bertz CT molecular complexity index is 625. The van der Waals surface area contributed by atoms with Crippen molar-refractivity contribution < 1.29 is 24.2 Å². The van der Waals surface area contributed by atoms with Gasteiger partial charge in [-0.05, 0) is 30.5 Å². The summed E-state index contributed by atoms with van der Waals surface area (Å²) in [4.78, 5) is 23.3. The maximum atomic E-state index is 12.2. The number of ether oxygens (including phenoxy) is 2. The van der Waals surface area contributed by atoms with Crippen LogP contribution < -0.4 is 19.9 Å². The molecule has 1 N–H and O–H groups in total. The molecule has 1 aromatic rings. The molecule has 2 atom stereocenters. The Morgan fingerprint density at radius 2 is 1.86 bits per heavy atom. The van der Waals surface area contributed by atoms with Crippen LogP contribution in [0.15, 0.2) is 30.4 Å². The molecule has 1 amide bonds. The van der Waals surface area contributed by atoms with Crippen molar-refractivity contribution in [1.29, 1.82) is 0 Å². The molecule has 1 aliphatic heterocycles. The van der Waals surface area contributed by atoms with E-state index in [4.69, 9.17) is 9.47 Å². The second-order valence-corrected chi connectivity index (χ2v) is 5.38. The minimum atomic E-state index is -1.17. The standard InChI is InChI=1S/C16H17NO5/c18-15(11-3-1-2-4-12(11)16(19)20)17-8-10-5-6-13-14(7-10)22-9-21-13/h1-2,5-7,11-12H,3-4,8-9H2,(H,17,18)(H,19,20)/p-1/t11-,12+/m1/s1. The third-order valence-corrected chi connectivity index (χ3v) is 3.98. The summed E-state index contributed by atoms with van der Waals surface area (Å²) >= 11 is 0. The Kier molecular flexibility index (Phi) is 4.00. The van der Waals surface area contributed by atoms with Gasteiger partial charge < -0.3 is 24.7 Å². The van der Waals surface area contributed by atoms with Gasteiger partial charge in [-0.15, -0.1) is 0 Å². The molecule has 2 aliphatic rings. The number of rotatable bonds is 4. The maximum Gasteiger partial charge on any atom is 0.231 e. The van der Waals surface area contributed by atoms with Crippen LogP contribution in [0, 0.1) is 11.8 Å². The van der Waals surface area contributed by atoms with Gasteiger partial charge in [0.15, 0.2) is 11.5 Å². The van der Waals surface area contributed by atoms with Crippen molar-refractivity contribution in [3.8, 4) is 11.5 Å². The number of allylic oxidation sites excluding steroid dienone is 2. The zero-order valence-corrected chi connectivity index (χ0v) is 11.9. The van der Waals surface area contributed by atoms with Crippen molar-refractivity contribution in [2.75, 3.05) is 6.79 Å². The number of benzene rings is 1. The molecule has 0 radical (unpaired) electrons. The van der Waals surface area contributed by atoms with E-state index in [1.54, 1.807) is 18.2 Å². The lowest BCUT2D eigenvalue weighted by Crippen LogP contribution is -2.43. The number of aliphatic carboxylic acids is 1. The molecule has 0 saturated carbocycles. The summed E-state index contributed by atoms with van der Waals surface area (Å²) in [6, 6.07) is 5.43. The zero-order valence-electron chi connectivity index (χ0n) is 11.9. The van der Waals surface area contributed by atoms with Crippen molar-refractivity contribution in [2.45, 2.75) is 19.4 Å². The normalized spacial score (nSPS) is 22.4. The first-order valence-corrected chi connectivity index (χ1v) is 7.17. The van der Waals surface area contributed by atoms with Gasteiger partial charge in [-0.3, -0.25) is 4.79 Å². The molecule has 0 spiro atoms. The van der Waals surface area contributed by atoms with Crippen LogP contribution in [0.5, 0.6) is 11.5 Å². The van der Waals surface area contributed by atoms with Crippen LogP contribution >= 0.6 is 0 Å². The predicted octanol–water partition coefficient (Wildman–Crippen LogP) is 0.364. The molecule has 0 unspecified atom stereocenters. The smallest absolute Gasteiger partial charge is 0.231 e. The number of carboxylic acid groups (broad SMARTS) is 1. The van der Waals surface area contributed by atoms with E-state index in [1.165, 1.54) is 0 Å². The van der Waals surface area contributed by atoms with Gasteiger partial charge >= 0.3 is 0 Å². The van der Waals surface area contributed by atoms with E-state index in [-0.39, 0.29) is 12.7 Å². The number of hydrogen-bond acceptors (Lipinski definition) is 5. The quantitative estimate of drug-likeness (QED) is 0.812. The van der Waals surface area contributed by atoms with Crippen LogP contribution in [0.25, 0.3) is 0 Å². The fourth-order valence-corrected chi connectivity index (χ4v) is 2.74. The summed E-state index contributed by atoms with van der Waals surface area (Å²) in [5.41, 5.74) is 0.869. The third-order valence-electron chi connectivity index (χ3n) is 3.98. The van der Waals surface area contributed by atoms with Gasteiger partial charge in [-0.25, -0.2) is 0 Å². The Labute approximate surface area is 127 Å².